The number of carboxylic acid groups (broad SMARTS) is 1. The first-order valence-electron chi connectivity index (χ1n) is 6.05. The van der Waals surface area contributed by atoms with Gasteiger partial charge >= 0.3 is 5.97 Å². The third kappa shape index (κ3) is 3.38. The second kappa shape index (κ2) is 5.48. The minimum Gasteiger partial charge on any atom is -0.481 e. The Bertz CT molecular complexity index is 498. The van der Waals surface area contributed by atoms with Crippen molar-refractivity contribution in [1.29, 1.82) is 0 Å². The molecule has 0 heterocycles. The molecule has 1 saturated carbocycles. The molecule has 0 spiro atoms. The van der Waals surface area contributed by atoms with Crippen molar-refractivity contribution in [1.82, 2.24) is 5.32 Å². The molecule has 19 heavy (non-hydrogen) atoms. The Morgan fingerprint density at radius 2 is 2.05 bits per heavy atom. The van der Waals surface area contributed by atoms with Gasteiger partial charge in [-0.1, -0.05) is 11.6 Å². The highest BCUT2D eigenvalue weighted by Crippen LogP contribution is 2.26. The highest BCUT2D eigenvalue weighted by atomic mass is 35.5. The van der Waals surface area contributed by atoms with Crippen LogP contribution in [0.15, 0.2) is 18.2 Å². The quantitative estimate of drug-likeness (QED) is 0.738. The molecular formula is C13H15ClN2O3. The predicted molar refractivity (Wildman–Crippen MR) is 72.1 cm³/mol. The molecule has 0 bridgehead atoms. The van der Waals surface area contributed by atoms with Crippen molar-refractivity contribution < 1.29 is 14.7 Å². The number of nitrogens with two attached hydrogens (primary N) is 1. The van der Waals surface area contributed by atoms with Crippen molar-refractivity contribution in [2.24, 2.45) is 5.92 Å². The zero-order valence-corrected chi connectivity index (χ0v) is 11.0. The summed E-state index contributed by atoms with van der Waals surface area (Å²) in [5.74, 6) is -1.44. The average Bonchev–Trinajstić information content (AvgIpc) is 2.76. The molecule has 5 nitrogen and oxygen atoms in total. The lowest BCUT2D eigenvalue weighted by Gasteiger charge is -2.13. The smallest absolute Gasteiger partial charge is 0.306 e. The summed E-state index contributed by atoms with van der Waals surface area (Å²) in [6.07, 6.45) is 1.74. The number of carboxylic acids is 1. The number of nitrogens with one attached hydrogen (secondary N) is 1. The number of benzene rings is 1. The van der Waals surface area contributed by atoms with Crippen LogP contribution in [0.3, 0.4) is 0 Å². The Balaban J connectivity index is 2.00. The van der Waals surface area contributed by atoms with E-state index in [-0.39, 0.29) is 17.9 Å². The zero-order valence-electron chi connectivity index (χ0n) is 10.2. The molecule has 0 aliphatic heterocycles. The van der Waals surface area contributed by atoms with Crippen LogP contribution in [0, 0.1) is 5.92 Å². The molecule has 6 heteroatoms. The Hall–Kier alpha value is -1.75. The van der Waals surface area contributed by atoms with Gasteiger partial charge in [0.2, 0.25) is 0 Å². The molecule has 1 fully saturated rings. The van der Waals surface area contributed by atoms with Crippen LogP contribution >= 0.6 is 11.6 Å². The number of halogens is 1. The summed E-state index contributed by atoms with van der Waals surface area (Å²) < 4.78 is 0. The number of anilines is 1. The maximum atomic E-state index is 12.0. The first-order chi connectivity index (χ1) is 8.95. The standard InChI is InChI=1S/C13H15ClN2O3/c14-9-3-8(4-10(15)6-9)12(17)16-11-2-1-7(5-11)13(18)19/h3-4,6-7,11H,1-2,5,15H2,(H,16,17)(H,18,19)/t7-,11+/m1/s1. The monoisotopic (exact) mass is 282 g/mol. The van der Waals surface area contributed by atoms with Crippen molar-refractivity contribution in [3.8, 4) is 0 Å². The third-order valence-corrected chi connectivity index (χ3v) is 3.52. The number of hydrogen-bond donors (Lipinski definition) is 3. The average molecular weight is 283 g/mol. The topological polar surface area (TPSA) is 92.4 Å². The van der Waals surface area contributed by atoms with Crippen molar-refractivity contribution in [3.63, 3.8) is 0 Å². The number of rotatable bonds is 3. The van der Waals surface area contributed by atoms with Gasteiger partial charge in [-0.2, -0.15) is 0 Å². The van der Waals surface area contributed by atoms with E-state index in [1.165, 1.54) is 6.07 Å². The van der Waals surface area contributed by atoms with Gasteiger partial charge in [0.1, 0.15) is 0 Å². The van der Waals surface area contributed by atoms with Gasteiger partial charge < -0.3 is 16.2 Å². The SMILES string of the molecule is Nc1cc(Cl)cc(C(=O)N[C@H]2CC[C@@H](C(=O)O)C2)c1. The van der Waals surface area contributed by atoms with Crippen molar-refractivity contribution in [2.45, 2.75) is 25.3 Å². The summed E-state index contributed by atoms with van der Waals surface area (Å²) in [6.45, 7) is 0. The highest BCUT2D eigenvalue weighted by Gasteiger charge is 2.30. The van der Waals surface area contributed by atoms with E-state index < -0.39 is 5.97 Å². The van der Waals surface area contributed by atoms with Crippen LogP contribution in [0.2, 0.25) is 5.02 Å². The van der Waals surface area contributed by atoms with Crippen LogP contribution in [-0.2, 0) is 4.79 Å². The van der Waals surface area contributed by atoms with Gasteiger partial charge in [-0.05, 0) is 37.5 Å². The largest absolute Gasteiger partial charge is 0.481 e. The molecule has 1 aromatic carbocycles. The van der Waals surface area contributed by atoms with Crippen LogP contribution in [0.4, 0.5) is 5.69 Å². The van der Waals surface area contributed by atoms with Gasteiger partial charge in [0.25, 0.3) is 5.91 Å². The van der Waals surface area contributed by atoms with Crippen molar-refractivity contribution in [2.75, 3.05) is 5.73 Å². The minimum absolute atomic E-state index is 0.103. The molecular weight excluding hydrogens is 268 g/mol. The van der Waals surface area contributed by atoms with Gasteiger partial charge in [-0.3, -0.25) is 9.59 Å². The minimum atomic E-state index is -0.802. The molecule has 102 valence electrons. The second-order valence-electron chi connectivity index (χ2n) is 4.79. The molecule has 0 radical (unpaired) electrons. The number of nitrogen functional groups attached to an aromatic ring is 1. The highest BCUT2D eigenvalue weighted by molar-refractivity contribution is 6.31. The second-order valence-corrected chi connectivity index (χ2v) is 5.23. The van der Waals surface area contributed by atoms with Gasteiger partial charge in [-0.15, -0.1) is 0 Å². The van der Waals surface area contributed by atoms with Gasteiger partial charge in [0.05, 0.1) is 5.92 Å². The van der Waals surface area contributed by atoms with E-state index >= 15 is 0 Å². The molecule has 1 amide bonds. The normalized spacial score (nSPS) is 22.2. The first kappa shape index (κ1) is 13.7. The lowest BCUT2D eigenvalue weighted by molar-refractivity contribution is -0.141. The van der Waals surface area contributed by atoms with Crippen LogP contribution < -0.4 is 11.1 Å². The van der Waals surface area contributed by atoms with E-state index in [2.05, 4.69) is 5.32 Å². The molecule has 0 unspecified atom stereocenters. The molecule has 2 rings (SSSR count). The molecule has 2 atom stereocenters. The Morgan fingerprint density at radius 1 is 1.32 bits per heavy atom. The number of carbonyl (C=O) groups is 2. The molecule has 0 aromatic heterocycles. The first-order valence-corrected chi connectivity index (χ1v) is 6.43. The summed E-state index contributed by atoms with van der Waals surface area (Å²) >= 11 is 5.84. The van der Waals surface area contributed by atoms with Crippen LogP contribution in [-0.4, -0.2) is 23.0 Å². The van der Waals surface area contributed by atoms with E-state index in [1.807, 2.05) is 0 Å². The summed E-state index contributed by atoms with van der Waals surface area (Å²) in [5.41, 5.74) is 6.44. The Morgan fingerprint density at radius 3 is 2.63 bits per heavy atom. The van der Waals surface area contributed by atoms with E-state index in [4.69, 9.17) is 22.4 Å². The fraction of sp³-hybridized carbons (Fsp3) is 0.385. The number of carbonyl (C=O) groups excluding carboxylic acids is 1. The van der Waals surface area contributed by atoms with Crippen LogP contribution in [0.1, 0.15) is 29.6 Å². The van der Waals surface area contributed by atoms with Gasteiger partial charge in [0, 0.05) is 22.3 Å². The van der Waals surface area contributed by atoms with Gasteiger partial charge in [0.15, 0.2) is 0 Å². The Kier molecular flexibility index (Phi) is 3.95. The molecule has 1 aliphatic carbocycles. The summed E-state index contributed by atoms with van der Waals surface area (Å²) in [4.78, 5) is 22.9. The van der Waals surface area contributed by atoms with E-state index in [9.17, 15) is 9.59 Å². The maximum absolute atomic E-state index is 12.0. The fourth-order valence-electron chi connectivity index (χ4n) is 2.35. The Labute approximate surface area is 115 Å². The molecule has 1 aliphatic rings. The summed E-state index contributed by atoms with van der Waals surface area (Å²) in [7, 11) is 0. The fourth-order valence-corrected chi connectivity index (χ4v) is 2.59. The van der Waals surface area contributed by atoms with E-state index in [0.29, 0.717) is 35.5 Å². The maximum Gasteiger partial charge on any atom is 0.306 e. The molecule has 1 aromatic rings. The van der Waals surface area contributed by atoms with Crippen molar-refractivity contribution in [3.05, 3.63) is 28.8 Å². The van der Waals surface area contributed by atoms with E-state index in [0.717, 1.165) is 0 Å². The number of aliphatic carboxylic acids is 1. The van der Waals surface area contributed by atoms with Gasteiger partial charge in [-0.25, -0.2) is 0 Å². The molecule has 4 N–H and O–H groups in total. The lowest BCUT2D eigenvalue weighted by atomic mass is 10.1. The lowest BCUT2D eigenvalue weighted by Crippen LogP contribution is -2.33. The van der Waals surface area contributed by atoms with E-state index in [1.54, 1.807) is 12.1 Å². The van der Waals surface area contributed by atoms with Crippen LogP contribution in [0.5, 0.6) is 0 Å². The van der Waals surface area contributed by atoms with Crippen LogP contribution in [0.25, 0.3) is 0 Å². The van der Waals surface area contributed by atoms with Crippen molar-refractivity contribution >= 4 is 29.2 Å². The predicted octanol–water partition coefficient (Wildman–Crippen LogP) is 1.91. The summed E-state index contributed by atoms with van der Waals surface area (Å²) in [5, 5.41) is 12.1. The summed E-state index contributed by atoms with van der Waals surface area (Å²) in [6, 6.07) is 4.55. The zero-order chi connectivity index (χ0) is 14.0. The third-order valence-electron chi connectivity index (χ3n) is 3.30. The molecule has 0 saturated heterocycles. The number of amides is 1. The number of hydrogen-bond acceptors (Lipinski definition) is 3.